The van der Waals surface area contributed by atoms with E-state index in [2.05, 4.69) is 11.7 Å². The molecular formula is C11H20Cl2O2. The van der Waals surface area contributed by atoms with Gasteiger partial charge in [0.2, 0.25) is 0 Å². The van der Waals surface area contributed by atoms with E-state index in [9.17, 15) is 4.79 Å². The van der Waals surface area contributed by atoms with Crippen LogP contribution in [0.15, 0.2) is 0 Å². The summed E-state index contributed by atoms with van der Waals surface area (Å²) < 4.78 is 4.60. The van der Waals surface area contributed by atoms with Crippen LogP contribution in [0.1, 0.15) is 51.9 Å². The molecule has 0 saturated heterocycles. The van der Waals surface area contributed by atoms with Crippen molar-refractivity contribution in [1.82, 2.24) is 0 Å². The first-order chi connectivity index (χ1) is 7.20. The number of ether oxygens (including phenoxy) is 1. The zero-order chi connectivity index (χ0) is 11.5. The van der Waals surface area contributed by atoms with E-state index in [1.165, 1.54) is 19.3 Å². The summed E-state index contributed by atoms with van der Waals surface area (Å²) in [5.74, 6) is -0.260. The quantitative estimate of drug-likeness (QED) is 0.352. The molecular weight excluding hydrogens is 235 g/mol. The van der Waals surface area contributed by atoms with Gasteiger partial charge in [0.1, 0.15) is 0 Å². The van der Waals surface area contributed by atoms with Crippen LogP contribution in [0.4, 0.5) is 0 Å². The Hall–Kier alpha value is 0.0500. The molecule has 0 amide bonds. The van der Waals surface area contributed by atoms with Gasteiger partial charge in [0, 0.05) is 11.8 Å². The lowest BCUT2D eigenvalue weighted by Gasteiger charge is -2.08. The van der Waals surface area contributed by atoms with E-state index >= 15 is 0 Å². The molecule has 0 N–H and O–H groups in total. The fourth-order valence-electron chi connectivity index (χ4n) is 1.34. The maximum Gasteiger partial charge on any atom is 0.307 e. The predicted octanol–water partition coefficient (Wildman–Crippen LogP) is 4.08. The van der Waals surface area contributed by atoms with Crippen LogP contribution in [0.3, 0.4) is 0 Å². The van der Waals surface area contributed by atoms with Crippen LogP contribution in [0.2, 0.25) is 0 Å². The molecule has 0 spiro atoms. The molecule has 0 heterocycles. The van der Waals surface area contributed by atoms with E-state index in [1.807, 2.05) is 0 Å². The summed E-state index contributed by atoms with van der Waals surface area (Å²) in [7, 11) is 0. The van der Waals surface area contributed by atoms with Gasteiger partial charge in [-0.1, -0.05) is 44.2 Å². The van der Waals surface area contributed by atoms with Gasteiger partial charge < -0.3 is 4.74 Å². The zero-order valence-corrected chi connectivity index (χ0v) is 10.8. The highest BCUT2D eigenvalue weighted by atomic mass is 35.5. The smallest absolute Gasteiger partial charge is 0.307 e. The molecule has 15 heavy (non-hydrogen) atoms. The Morgan fingerprint density at radius 2 is 2.00 bits per heavy atom. The van der Waals surface area contributed by atoms with Gasteiger partial charge in [0.25, 0.3) is 0 Å². The van der Waals surface area contributed by atoms with Crippen LogP contribution >= 0.6 is 23.2 Å². The Balaban J connectivity index is 3.32. The van der Waals surface area contributed by atoms with E-state index < -0.39 is 0 Å². The molecule has 0 rings (SSSR count). The third-order valence-electron chi connectivity index (χ3n) is 2.25. The molecule has 90 valence electrons. The highest BCUT2D eigenvalue weighted by Crippen LogP contribution is 2.15. The first-order valence-electron chi connectivity index (χ1n) is 5.56. The summed E-state index contributed by atoms with van der Waals surface area (Å²) in [6, 6.07) is -0.0672. The highest BCUT2D eigenvalue weighted by molar-refractivity contribution is 6.20. The van der Waals surface area contributed by atoms with Crippen LogP contribution < -0.4 is 0 Å². The van der Waals surface area contributed by atoms with Crippen molar-refractivity contribution in [3.8, 4) is 0 Å². The van der Waals surface area contributed by atoms with Crippen molar-refractivity contribution >= 4 is 29.2 Å². The number of carbonyl (C=O) groups is 1. The Morgan fingerprint density at radius 1 is 1.27 bits per heavy atom. The maximum absolute atomic E-state index is 11.0. The average Bonchev–Trinajstić information content (AvgIpc) is 2.22. The van der Waals surface area contributed by atoms with Gasteiger partial charge in [-0.3, -0.25) is 4.79 Å². The largest absolute Gasteiger partial charge is 0.449 e. The monoisotopic (exact) mass is 254 g/mol. The molecule has 0 bridgehead atoms. The Labute approximate surface area is 102 Å². The predicted molar refractivity (Wildman–Crippen MR) is 64.4 cm³/mol. The van der Waals surface area contributed by atoms with Crippen LogP contribution in [0, 0.1) is 0 Å². The number of rotatable bonds is 9. The van der Waals surface area contributed by atoms with Crippen LogP contribution in [0.5, 0.6) is 0 Å². The molecule has 0 aromatic carbocycles. The molecule has 1 unspecified atom stereocenters. The normalized spacial score (nSPS) is 12.5. The van der Waals surface area contributed by atoms with Gasteiger partial charge in [0.15, 0.2) is 6.07 Å². The second-order valence-electron chi connectivity index (χ2n) is 3.61. The third kappa shape index (κ3) is 10.3. The van der Waals surface area contributed by atoms with E-state index in [1.54, 1.807) is 0 Å². The molecule has 0 radical (unpaired) electrons. The van der Waals surface area contributed by atoms with Gasteiger partial charge in [-0.2, -0.15) is 0 Å². The number of carbonyl (C=O) groups excluding carboxylic acids is 1. The Bertz CT molecular complexity index is 163. The van der Waals surface area contributed by atoms with Crippen molar-refractivity contribution < 1.29 is 9.53 Å². The van der Waals surface area contributed by atoms with E-state index in [4.69, 9.17) is 23.2 Å². The van der Waals surface area contributed by atoms with Gasteiger partial charge in [0.05, 0.1) is 0 Å². The van der Waals surface area contributed by atoms with E-state index in [0.717, 1.165) is 12.8 Å². The fraction of sp³-hybridized carbons (Fsp3) is 0.909. The number of halogens is 2. The highest BCUT2D eigenvalue weighted by Gasteiger charge is 2.08. The minimum absolute atomic E-state index is 0.0672. The van der Waals surface area contributed by atoms with Gasteiger partial charge in [-0.05, 0) is 12.8 Å². The first kappa shape index (κ1) is 15.0. The summed E-state index contributed by atoms with van der Waals surface area (Å²) >= 11 is 11.3. The summed E-state index contributed by atoms with van der Waals surface area (Å²) in [6.45, 7) is 2.18. The van der Waals surface area contributed by atoms with Crippen molar-refractivity contribution in [2.45, 2.75) is 57.2 Å². The summed E-state index contributed by atoms with van der Waals surface area (Å²) in [6.07, 6.45) is 6.90. The second kappa shape index (κ2) is 10.6. The topological polar surface area (TPSA) is 26.3 Å². The Kier molecular flexibility index (Phi) is 10.6. The summed E-state index contributed by atoms with van der Waals surface area (Å²) in [4.78, 5) is 11.0. The third-order valence-corrected chi connectivity index (χ3v) is 2.79. The van der Waals surface area contributed by atoms with Gasteiger partial charge in [-0.15, -0.1) is 11.6 Å². The van der Waals surface area contributed by atoms with Gasteiger partial charge in [-0.25, -0.2) is 0 Å². The minimum Gasteiger partial charge on any atom is -0.449 e. The van der Waals surface area contributed by atoms with Crippen LogP contribution in [-0.2, 0) is 9.53 Å². The lowest BCUT2D eigenvalue weighted by atomic mass is 10.1. The van der Waals surface area contributed by atoms with E-state index in [0.29, 0.717) is 12.8 Å². The molecule has 0 aliphatic heterocycles. The minimum atomic E-state index is -0.260. The SMILES string of the molecule is CCCCCCC(Cl)CCC(=O)OCCl. The molecule has 2 nitrogen and oxygen atoms in total. The lowest BCUT2D eigenvalue weighted by Crippen LogP contribution is -2.07. The van der Waals surface area contributed by atoms with Crippen LogP contribution in [0.25, 0.3) is 0 Å². The van der Waals surface area contributed by atoms with Crippen molar-refractivity contribution in [1.29, 1.82) is 0 Å². The van der Waals surface area contributed by atoms with Crippen LogP contribution in [-0.4, -0.2) is 17.4 Å². The number of hydrogen-bond donors (Lipinski definition) is 0. The molecule has 0 aliphatic rings. The maximum atomic E-state index is 11.0. The van der Waals surface area contributed by atoms with Crippen molar-refractivity contribution in [2.24, 2.45) is 0 Å². The molecule has 0 aliphatic carbocycles. The molecule has 0 fully saturated rings. The molecule has 4 heteroatoms. The molecule has 1 atom stereocenters. The second-order valence-corrected chi connectivity index (χ2v) is 4.45. The fourth-order valence-corrected chi connectivity index (χ4v) is 1.73. The van der Waals surface area contributed by atoms with Crippen molar-refractivity contribution in [2.75, 3.05) is 6.07 Å². The number of esters is 1. The molecule has 0 aromatic heterocycles. The van der Waals surface area contributed by atoms with Crippen molar-refractivity contribution in [3.63, 3.8) is 0 Å². The first-order valence-corrected chi connectivity index (χ1v) is 6.53. The molecule has 0 aromatic rings. The number of hydrogen-bond acceptors (Lipinski definition) is 2. The van der Waals surface area contributed by atoms with Gasteiger partial charge >= 0.3 is 5.97 Å². The standard InChI is InChI=1S/C11H20Cl2O2/c1-2-3-4-5-6-10(13)7-8-11(14)15-9-12/h10H,2-9H2,1H3. The molecule has 0 saturated carbocycles. The lowest BCUT2D eigenvalue weighted by molar-refractivity contribution is -0.141. The van der Waals surface area contributed by atoms with Crippen molar-refractivity contribution in [3.05, 3.63) is 0 Å². The zero-order valence-electron chi connectivity index (χ0n) is 9.31. The number of alkyl halides is 2. The van der Waals surface area contributed by atoms with E-state index in [-0.39, 0.29) is 17.4 Å². The summed E-state index contributed by atoms with van der Waals surface area (Å²) in [5, 5.41) is 0.0877. The average molecular weight is 255 g/mol. The summed E-state index contributed by atoms with van der Waals surface area (Å²) in [5.41, 5.74) is 0. The Morgan fingerprint density at radius 3 is 2.60 bits per heavy atom. The number of unbranched alkanes of at least 4 members (excludes halogenated alkanes) is 3.